The van der Waals surface area contributed by atoms with Gasteiger partial charge in [0, 0.05) is 6.54 Å². The Kier molecular flexibility index (Phi) is 3.64. The average Bonchev–Trinajstić information content (AvgIpc) is 2.50. The van der Waals surface area contributed by atoms with Gasteiger partial charge in [-0.2, -0.15) is 0 Å². The predicted octanol–water partition coefficient (Wildman–Crippen LogP) is 3.86. The molecule has 1 atom stereocenters. The fourth-order valence-electron chi connectivity index (χ4n) is 2.89. The minimum atomic E-state index is -1.15. The second-order valence-corrected chi connectivity index (χ2v) is 5.37. The van der Waals surface area contributed by atoms with E-state index in [-0.39, 0.29) is 11.4 Å². The summed E-state index contributed by atoms with van der Waals surface area (Å²) in [6, 6.07) is 7.61. The molecule has 2 aromatic rings. The Morgan fingerprint density at radius 2 is 1.95 bits per heavy atom. The van der Waals surface area contributed by atoms with E-state index in [0.29, 0.717) is 18.5 Å². The third-order valence-corrected chi connectivity index (χ3v) is 4.09. The summed E-state index contributed by atoms with van der Waals surface area (Å²) in [7, 11) is 0. The molecule has 3 rings (SSSR count). The zero-order chi connectivity index (χ0) is 15.9. The summed E-state index contributed by atoms with van der Waals surface area (Å²) in [4.78, 5) is 13.9. The summed E-state index contributed by atoms with van der Waals surface area (Å²) < 4.78 is 40.5. The normalized spacial score (nSPS) is 17.3. The standard InChI is InChI=1S/C17H14F3NO/c1-10-14-9-12(18)6-5-11(14)7-8-21(10)17(22)13-3-2-4-15(19)16(13)20/h2-6,9-10H,7-8H2,1H3. The Labute approximate surface area is 126 Å². The fraction of sp³-hybridized carbons (Fsp3) is 0.235. The van der Waals surface area contributed by atoms with Crippen molar-refractivity contribution in [3.8, 4) is 0 Å². The van der Waals surface area contributed by atoms with Gasteiger partial charge in [0.1, 0.15) is 5.82 Å². The third-order valence-electron chi connectivity index (χ3n) is 4.09. The molecule has 0 saturated heterocycles. The van der Waals surface area contributed by atoms with Crippen LogP contribution in [0.25, 0.3) is 0 Å². The summed E-state index contributed by atoms with van der Waals surface area (Å²) >= 11 is 0. The van der Waals surface area contributed by atoms with Crippen LogP contribution in [0.1, 0.15) is 34.5 Å². The van der Waals surface area contributed by atoms with Crippen LogP contribution < -0.4 is 0 Å². The summed E-state index contributed by atoms with van der Waals surface area (Å²) in [5.41, 5.74) is 1.38. The molecule has 0 fully saturated rings. The van der Waals surface area contributed by atoms with E-state index in [0.717, 1.165) is 11.6 Å². The number of rotatable bonds is 1. The highest BCUT2D eigenvalue weighted by molar-refractivity contribution is 5.95. The van der Waals surface area contributed by atoms with Crippen LogP contribution in [0.4, 0.5) is 13.2 Å². The van der Waals surface area contributed by atoms with Gasteiger partial charge in [0.15, 0.2) is 11.6 Å². The molecule has 1 aliphatic rings. The fourth-order valence-corrected chi connectivity index (χ4v) is 2.89. The molecule has 2 aromatic carbocycles. The zero-order valence-electron chi connectivity index (χ0n) is 11.9. The van der Waals surface area contributed by atoms with E-state index >= 15 is 0 Å². The van der Waals surface area contributed by atoms with Gasteiger partial charge in [-0.15, -0.1) is 0 Å². The number of carbonyl (C=O) groups excluding carboxylic acids is 1. The lowest BCUT2D eigenvalue weighted by Gasteiger charge is -2.35. The first-order chi connectivity index (χ1) is 10.5. The van der Waals surface area contributed by atoms with E-state index in [1.54, 1.807) is 13.0 Å². The van der Waals surface area contributed by atoms with E-state index in [9.17, 15) is 18.0 Å². The number of fused-ring (bicyclic) bond motifs is 1. The molecule has 1 unspecified atom stereocenters. The first-order valence-electron chi connectivity index (χ1n) is 7.02. The lowest BCUT2D eigenvalue weighted by atomic mass is 9.93. The first kappa shape index (κ1) is 14.6. The Morgan fingerprint density at radius 1 is 1.18 bits per heavy atom. The number of hydrogen-bond acceptors (Lipinski definition) is 1. The van der Waals surface area contributed by atoms with E-state index in [1.165, 1.54) is 29.2 Å². The molecule has 5 heteroatoms. The van der Waals surface area contributed by atoms with Crippen LogP contribution in [0, 0.1) is 17.5 Å². The van der Waals surface area contributed by atoms with Gasteiger partial charge in [-0.05, 0) is 48.7 Å². The van der Waals surface area contributed by atoms with Crippen molar-refractivity contribution >= 4 is 5.91 Å². The van der Waals surface area contributed by atoms with E-state index in [1.807, 2.05) is 0 Å². The first-order valence-corrected chi connectivity index (χ1v) is 7.02. The van der Waals surface area contributed by atoms with Gasteiger partial charge in [0.2, 0.25) is 0 Å². The van der Waals surface area contributed by atoms with E-state index in [4.69, 9.17) is 0 Å². The minimum absolute atomic E-state index is 0.299. The van der Waals surface area contributed by atoms with Crippen molar-refractivity contribution in [3.63, 3.8) is 0 Å². The highest BCUT2D eigenvalue weighted by Crippen LogP contribution is 2.31. The van der Waals surface area contributed by atoms with Gasteiger partial charge < -0.3 is 4.90 Å². The molecule has 0 saturated carbocycles. The molecule has 0 aliphatic carbocycles. The monoisotopic (exact) mass is 305 g/mol. The summed E-state index contributed by atoms with van der Waals surface area (Å²) in [5.74, 6) is -3.16. The molecule has 22 heavy (non-hydrogen) atoms. The smallest absolute Gasteiger partial charge is 0.257 e. The maximum Gasteiger partial charge on any atom is 0.257 e. The number of nitrogens with zero attached hydrogens (tertiary/aromatic N) is 1. The number of benzene rings is 2. The topological polar surface area (TPSA) is 20.3 Å². The summed E-state index contributed by atoms with van der Waals surface area (Å²) in [6.45, 7) is 2.14. The SMILES string of the molecule is CC1c2cc(F)ccc2CCN1C(=O)c1cccc(F)c1F. The van der Waals surface area contributed by atoms with Gasteiger partial charge in [-0.3, -0.25) is 4.79 Å². The van der Waals surface area contributed by atoms with Crippen molar-refractivity contribution in [2.75, 3.05) is 6.54 Å². The molecule has 114 valence electrons. The van der Waals surface area contributed by atoms with E-state index in [2.05, 4.69) is 0 Å². The van der Waals surface area contributed by atoms with Crippen LogP contribution in [0.3, 0.4) is 0 Å². The lowest BCUT2D eigenvalue weighted by molar-refractivity contribution is 0.0671. The van der Waals surface area contributed by atoms with E-state index < -0.39 is 23.6 Å². The molecule has 1 heterocycles. The van der Waals surface area contributed by atoms with Crippen LogP contribution in [0.15, 0.2) is 36.4 Å². The Hall–Kier alpha value is -2.30. The molecule has 1 amide bonds. The van der Waals surface area contributed by atoms with Gasteiger partial charge >= 0.3 is 0 Å². The van der Waals surface area contributed by atoms with Crippen LogP contribution in [0.5, 0.6) is 0 Å². The van der Waals surface area contributed by atoms with Gasteiger partial charge in [0.05, 0.1) is 11.6 Å². The third kappa shape index (κ3) is 2.36. The van der Waals surface area contributed by atoms with Crippen LogP contribution in [0.2, 0.25) is 0 Å². The van der Waals surface area contributed by atoms with Gasteiger partial charge in [-0.1, -0.05) is 12.1 Å². The van der Waals surface area contributed by atoms with Crippen molar-refractivity contribution in [1.82, 2.24) is 4.90 Å². The number of carbonyl (C=O) groups is 1. The van der Waals surface area contributed by atoms with Crippen molar-refractivity contribution in [1.29, 1.82) is 0 Å². The summed E-state index contributed by atoms with van der Waals surface area (Å²) in [6.07, 6.45) is 0.558. The quantitative estimate of drug-likeness (QED) is 0.783. The Bertz CT molecular complexity index is 745. The maximum absolute atomic E-state index is 13.8. The molecule has 1 aliphatic heterocycles. The number of halogens is 3. The molecule has 0 N–H and O–H groups in total. The van der Waals surface area contributed by atoms with Crippen molar-refractivity contribution in [2.45, 2.75) is 19.4 Å². The second-order valence-electron chi connectivity index (χ2n) is 5.37. The zero-order valence-corrected chi connectivity index (χ0v) is 11.9. The Balaban J connectivity index is 1.96. The molecule has 2 nitrogen and oxygen atoms in total. The summed E-state index contributed by atoms with van der Waals surface area (Å²) in [5, 5.41) is 0. The predicted molar refractivity (Wildman–Crippen MR) is 75.9 cm³/mol. The van der Waals surface area contributed by atoms with Gasteiger partial charge in [0.25, 0.3) is 5.91 Å². The van der Waals surface area contributed by atoms with Gasteiger partial charge in [-0.25, -0.2) is 13.2 Å². The molecule has 0 aromatic heterocycles. The van der Waals surface area contributed by atoms with Crippen LogP contribution >= 0.6 is 0 Å². The maximum atomic E-state index is 13.8. The molecular formula is C17H14F3NO. The molecule has 0 spiro atoms. The minimum Gasteiger partial charge on any atom is -0.331 e. The lowest BCUT2D eigenvalue weighted by Crippen LogP contribution is -2.39. The van der Waals surface area contributed by atoms with Crippen molar-refractivity contribution < 1.29 is 18.0 Å². The molecular weight excluding hydrogens is 291 g/mol. The molecule has 0 bridgehead atoms. The largest absolute Gasteiger partial charge is 0.331 e. The Morgan fingerprint density at radius 3 is 2.73 bits per heavy atom. The number of hydrogen-bond donors (Lipinski definition) is 0. The average molecular weight is 305 g/mol. The van der Waals surface area contributed by atoms with Crippen LogP contribution in [-0.4, -0.2) is 17.4 Å². The number of amides is 1. The highest BCUT2D eigenvalue weighted by atomic mass is 19.2. The van der Waals surface area contributed by atoms with Crippen LogP contribution in [-0.2, 0) is 6.42 Å². The highest BCUT2D eigenvalue weighted by Gasteiger charge is 2.30. The van der Waals surface area contributed by atoms with Crippen molar-refractivity contribution in [2.24, 2.45) is 0 Å². The molecule has 0 radical (unpaired) electrons. The van der Waals surface area contributed by atoms with Crippen molar-refractivity contribution in [3.05, 3.63) is 70.5 Å². The second kappa shape index (κ2) is 5.48.